The van der Waals surface area contributed by atoms with E-state index in [9.17, 15) is 14.4 Å². The first-order valence-electron chi connectivity index (χ1n) is 10.3. The van der Waals surface area contributed by atoms with Gasteiger partial charge in [-0.3, -0.25) is 14.5 Å². The van der Waals surface area contributed by atoms with E-state index in [1.54, 1.807) is 48.5 Å². The molecule has 0 aromatic heterocycles. The number of anilines is 1. The normalized spacial score (nSPS) is 19.4. The number of esters is 1. The molecule has 0 unspecified atom stereocenters. The molecule has 2 aliphatic heterocycles. The molecule has 32 heavy (non-hydrogen) atoms. The van der Waals surface area contributed by atoms with Crippen LogP contribution in [0.5, 0.6) is 11.5 Å². The Morgan fingerprint density at radius 1 is 0.906 bits per heavy atom. The minimum absolute atomic E-state index is 0.216. The van der Waals surface area contributed by atoms with E-state index in [1.807, 2.05) is 30.3 Å². The maximum Gasteiger partial charge on any atom is 0.340 e. The zero-order chi connectivity index (χ0) is 22.1. The number of carbonyl (C=O) groups excluding carboxylic acids is 3. The topological polar surface area (TPSA) is 84.9 Å². The van der Waals surface area contributed by atoms with E-state index in [4.69, 9.17) is 9.47 Å². The number of amides is 2. The van der Waals surface area contributed by atoms with Crippen molar-refractivity contribution in [2.24, 2.45) is 0 Å². The number of benzene rings is 3. The van der Waals surface area contributed by atoms with E-state index < -0.39 is 18.2 Å². The third-order valence-corrected chi connectivity index (χ3v) is 5.58. The summed E-state index contributed by atoms with van der Waals surface area (Å²) in [6.45, 7) is 0. The van der Waals surface area contributed by atoms with Gasteiger partial charge in [0.2, 0.25) is 18.0 Å². The lowest BCUT2D eigenvalue weighted by Gasteiger charge is -2.29. The Labute approximate surface area is 184 Å². The Kier molecular flexibility index (Phi) is 5.07. The first-order chi connectivity index (χ1) is 15.6. The second-order valence-electron chi connectivity index (χ2n) is 7.63. The number of nitrogens with zero attached hydrogens (tertiary/aromatic N) is 1. The van der Waals surface area contributed by atoms with Crippen LogP contribution in [-0.2, 0) is 14.3 Å². The standard InChI is InChI=1S/C25H20N2O5/c28-22-15-14-21(27(22)24-19-8-4-5-9-20(19)25(30)32-24)23(29)26-16-10-12-18(13-11-16)31-17-6-2-1-3-7-17/h1-13,21,24H,14-15H2,(H,26,29)/t21-,24-/m1/s1. The van der Waals surface area contributed by atoms with Crippen molar-refractivity contribution in [1.29, 1.82) is 0 Å². The summed E-state index contributed by atoms with van der Waals surface area (Å²) in [7, 11) is 0. The van der Waals surface area contributed by atoms with Gasteiger partial charge in [0.15, 0.2) is 0 Å². The van der Waals surface area contributed by atoms with Crippen molar-refractivity contribution in [2.45, 2.75) is 25.1 Å². The molecule has 0 spiro atoms. The summed E-state index contributed by atoms with van der Waals surface area (Å²) in [6, 6.07) is 22.6. The average molecular weight is 428 g/mol. The fraction of sp³-hybridized carbons (Fsp3) is 0.160. The van der Waals surface area contributed by atoms with Crippen LogP contribution in [0.25, 0.3) is 0 Å². The summed E-state index contributed by atoms with van der Waals surface area (Å²) < 4.78 is 11.2. The molecule has 2 aliphatic rings. The quantitative estimate of drug-likeness (QED) is 0.613. The second-order valence-corrected chi connectivity index (χ2v) is 7.63. The fourth-order valence-corrected chi connectivity index (χ4v) is 4.04. The molecule has 2 amide bonds. The molecular formula is C25H20N2O5. The molecule has 160 valence electrons. The van der Waals surface area contributed by atoms with Crippen molar-refractivity contribution in [3.05, 3.63) is 90.0 Å². The highest BCUT2D eigenvalue weighted by molar-refractivity contribution is 6.00. The van der Waals surface area contributed by atoms with Crippen LogP contribution >= 0.6 is 0 Å². The van der Waals surface area contributed by atoms with E-state index in [2.05, 4.69) is 5.32 Å². The van der Waals surface area contributed by atoms with Crippen molar-refractivity contribution in [2.75, 3.05) is 5.32 Å². The maximum absolute atomic E-state index is 13.0. The number of fused-ring (bicyclic) bond motifs is 1. The lowest BCUT2D eigenvalue weighted by molar-refractivity contribution is -0.144. The van der Waals surface area contributed by atoms with Gasteiger partial charge in [-0.2, -0.15) is 0 Å². The van der Waals surface area contributed by atoms with Gasteiger partial charge in [-0.05, 0) is 48.9 Å². The average Bonchev–Trinajstić information content (AvgIpc) is 3.35. The molecule has 7 nitrogen and oxygen atoms in total. The van der Waals surface area contributed by atoms with Gasteiger partial charge in [-0.1, -0.05) is 36.4 Å². The van der Waals surface area contributed by atoms with Gasteiger partial charge in [0.1, 0.15) is 17.5 Å². The van der Waals surface area contributed by atoms with Crippen molar-refractivity contribution >= 4 is 23.5 Å². The molecule has 0 bridgehead atoms. The molecule has 0 aliphatic carbocycles. The van der Waals surface area contributed by atoms with Crippen LogP contribution in [0.1, 0.15) is 35.0 Å². The lowest BCUT2D eigenvalue weighted by Crippen LogP contribution is -2.43. The molecule has 7 heteroatoms. The predicted molar refractivity (Wildman–Crippen MR) is 116 cm³/mol. The maximum atomic E-state index is 13.0. The van der Waals surface area contributed by atoms with E-state index in [0.29, 0.717) is 29.0 Å². The first kappa shape index (κ1) is 19.8. The van der Waals surface area contributed by atoms with E-state index >= 15 is 0 Å². The van der Waals surface area contributed by atoms with Gasteiger partial charge in [-0.25, -0.2) is 4.79 Å². The monoisotopic (exact) mass is 428 g/mol. The number of rotatable bonds is 5. The molecule has 3 aromatic rings. The molecule has 2 heterocycles. The van der Waals surface area contributed by atoms with Gasteiger partial charge in [0, 0.05) is 17.7 Å². The molecule has 2 atom stereocenters. The summed E-state index contributed by atoms with van der Waals surface area (Å²) in [5.74, 6) is 0.329. The summed E-state index contributed by atoms with van der Waals surface area (Å²) in [5, 5.41) is 2.86. The number of hydrogen-bond donors (Lipinski definition) is 1. The van der Waals surface area contributed by atoms with Gasteiger partial charge >= 0.3 is 5.97 Å². The van der Waals surface area contributed by atoms with Crippen molar-refractivity contribution < 1.29 is 23.9 Å². The Morgan fingerprint density at radius 3 is 2.38 bits per heavy atom. The van der Waals surface area contributed by atoms with Crippen LogP contribution in [0.2, 0.25) is 0 Å². The molecule has 1 N–H and O–H groups in total. The predicted octanol–water partition coefficient (Wildman–Crippen LogP) is 4.28. The Balaban J connectivity index is 1.30. The SMILES string of the molecule is O=C1O[C@@H](N2C(=O)CC[C@@H]2C(=O)Nc2ccc(Oc3ccccc3)cc2)c2ccccc21. The number of carbonyl (C=O) groups is 3. The van der Waals surface area contributed by atoms with Crippen LogP contribution < -0.4 is 10.1 Å². The summed E-state index contributed by atoms with van der Waals surface area (Å²) in [4.78, 5) is 39.2. The summed E-state index contributed by atoms with van der Waals surface area (Å²) >= 11 is 0. The molecule has 0 saturated carbocycles. The number of hydrogen-bond acceptors (Lipinski definition) is 5. The van der Waals surface area contributed by atoms with E-state index in [-0.39, 0.29) is 18.2 Å². The number of para-hydroxylation sites is 1. The highest BCUT2D eigenvalue weighted by Gasteiger charge is 2.46. The van der Waals surface area contributed by atoms with Gasteiger partial charge in [0.25, 0.3) is 0 Å². The number of ether oxygens (including phenoxy) is 2. The Bertz CT molecular complexity index is 1180. The fourth-order valence-electron chi connectivity index (χ4n) is 4.04. The van der Waals surface area contributed by atoms with Gasteiger partial charge in [0.05, 0.1) is 5.56 Å². The van der Waals surface area contributed by atoms with Gasteiger partial charge in [-0.15, -0.1) is 0 Å². The van der Waals surface area contributed by atoms with Crippen LogP contribution in [0.4, 0.5) is 5.69 Å². The Morgan fingerprint density at radius 2 is 1.59 bits per heavy atom. The molecule has 3 aromatic carbocycles. The lowest BCUT2D eigenvalue weighted by atomic mass is 10.1. The van der Waals surface area contributed by atoms with Crippen molar-refractivity contribution in [1.82, 2.24) is 4.90 Å². The highest BCUT2D eigenvalue weighted by Crippen LogP contribution is 2.38. The largest absolute Gasteiger partial charge is 0.457 e. The third kappa shape index (κ3) is 3.69. The zero-order valence-electron chi connectivity index (χ0n) is 17.1. The number of nitrogens with one attached hydrogen (secondary N) is 1. The van der Waals surface area contributed by atoms with E-state index in [0.717, 1.165) is 5.75 Å². The molecule has 1 fully saturated rings. The second kappa shape index (κ2) is 8.19. The van der Waals surface area contributed by atoms with Crippen molar-refractivity contribution in [3.63, 3.8) is 0 Å². The summed E-state index contributed by atoms with van der Waals surface area (Å²) in [6.07, 6.45) is -0.306. The highest BCUT2D eigenvalue weighted by atomic mass is 16.6. The zero-order valence-corrected chi connectivity index (χ0v) is 17.1. The van der Waals surface area contributed by atoms with Crippen LogP contribution in [0.3, 0.4) is 0 Å². The molecule has 0 radical (unpaired) electrons. The van der Waals surface area contributed by atoms with Crippen LogP contribution in [0, 0.1) is 0 Å². The summed E-state index contributed by atoms with van der Waals surface area (Å²) in [5.41, 5.74) is 1.61. The van der Waals surface area contributed by atoms with Gasteiger partial charge < -0.3 is 14.8 Å². The minimum Gasteiger partial charge on any atom is -0.457 e. The molecule has 1 saturated heterocycles. The van der Waals surface area contributed by atoms with Crippen LogP contribution in [-0.4, -0.2) is 28.7 Å². The Hall–Kier alpha value is -4.13. The van der Waals surface area contributed by atoms with E-state index in [1.165, 1.54) is 4.90 Å². The number of cyclic esters (lactones) is 1. The first-order valence-corrected chi connectivity index (χ1v) is 10.3. The van der Waals surface area contributed by atoms with Crippen molar-refractivity contribution in [3.8, 4) is 11.5 Å². The third-order valence-electron chi connectivity index (χ3n) is 5.58. The van der Waals surface area contributed by atoms with Crippen LogP contribution in [0.15, 0.2) is 78.9 Å². The smallest absolute Gasteiger partial charge is 0.340 e. The molecule has 5 rings (SSSR count). The number of likely N-dealkylation sites (tertiary alicyclic amines) is 1. The molecular weight excluding hydrogens is 408 g/mol. The minimum atomic E-state index is -0.883.